The largest absolute Gasteiger partial charge is 0.373 e. The summed E-state index contributed by atoms with van der Waals surface area (Å²) in [5.74, 6) is 0. The van der Waals surface area contributed by atoms with Gasteiger partial charge < -0.3 is 15.4 Å². The van der Waals surface area contributed by atoms with Crippen LogP contribution >= 0.6 is 0 Å². The fourth-order valence-corrected chi connectivity index (χ4v) is 2.84. The molecule has 22 heavy (non-hydrogen) atoms. The predicted molar refractivity (Wildman–Crippen MR) is 89.3 cm³/mol. The van der Waals surface area contributed by atoms with E-state index in [-0.39, 0.29) is 18.2 Å². The highest BCUT2D eigenvalue weighted by molar-refractivity contribution is 5.89. The van der Waals surface area contributed by atoms with Crippen LogP contribution in [-0.4, -0.2) is 49.3 Å². The molecule has 0 spiro atoms. The minimum absolute atomic E-state index is 0.150. The number of anilines is 1. The third kappa shape index (κ3) is 5.31. The van der Waals surface area contributed by atoms with Crippen LogP contribution in [0.1, 0.15) is 26.3 Å². The number of amides is 2. The second-order valence-electron chi connectivity index (χ2n) is 5.95. The summed E-state index contributed by atoms with van der Waals surface area (Å²) >= 11 is 0. The number of morpholine rings is 1. The number of hydrogen-bond donors (Lipinski definition) is 2. The van der Waals surface area contributed by atoms with E-state index >= 15 is 0 Å². The lowest BCUT2D eigenvalue weighted by atomic mass is 10.1. The molecule has 1 aromatic rings. The van der Waals surface area contributed by atoms with Crippen molar-refractivity contribution in [2.45, 2.75) is 39.4 Å². The maximum Gasteiger partial charge on any atom is 0.319 e. The van der Waals surface area contributed by atoms with E-state index in [2.05, 4.69) is 42.4 Å². The van der Waals surface area contributed by atoms with E-state index in [1.165, 1.54) is 5.56 Å². The van der Waals surface area contributed by atoms with Crippen LogP contribution in [0, 0.1) is 0 Å². The zero-order chi connectivity index (χ0) is 15.9. The number of ether oxygens (including phenoxy) is 1. The molecule has 1 aliphatic heterocycles. The minimum Gasteiger partial charge on any atom is -0.373 e. The third-order valence-corrected chi connectivity index (χ3v) is 3.80. The van der Waals surface area contributed by atoms with E-state index in [9.17, 15) is 4.79 Å². The summed E-state index contributed by atoms with van der Waals surface area (Å²) < 4.78 is 5.70. The van der Waals surface area contributed by atoms with Gasteiger partial charge in [0.05, 0.1) is 12.2 Å². The van der Waals surface area contributed by atoms with Crippen LogP contribution in [0.15, 0.2) is 24.3 Å². The Morgan fingerprint density at radius 2 is 2.05 bits per heavy atom. The number of benzene rings is 1. The van der Waals surface area contributed by atoms with Crippen LogP contribution in [0.4, 0.5) is 10.5 Å². The van der Waals surface area contributed by atoms with E-state index in [0.717, 1.165) is 31.7 Å². The first-order valence-electron chi connectivity index (χ1n) is 8.08. The standard InChI is InChI=1S/C17H27N3O2/c1-4-15-6-5-7-16(10-15)19-17(21)18-8-9-20-11-13(2)22-14(3)12-20/h5-7,10,13-14H,4,8-9,11-12H2,1-3H3,(H2,18,19,21)/t13-,14+. The average molecular weight is 305 g/mol. The maximum atomic E-state index is 11.9. The van der Waals surface area contributed by atoms with Gasteiger partial charge in [0.1, 0.15) is 0 Å². The lowest BCUT2D eigenvalue weighted by Crippen LogP contribution is -2.48. The number of carbonyl (C=O) groups is 1. The number of nitrogens with one attached hydrogen (secondary N) is 2. The Morgan fingerprint density at radius 3 is 2.73 bits per heavy atom. The normalized spacial score (nSPS) is 22.3. The second kappa shape index (κ2) is 8.15. The molecule has 2 N–H and O–H groups in total. The summed E-state index contributed by atoms with van der Waals surface area (Å²) in [5, 5.41) is 5.79. The number of aryl methyl sites for hydroxylation is 1. The molecule has 0 unspecified atom stereocenters. The van der Waals surface area contributed by atoms with E-state index in [0.29, 0.717) is 6.54 Å². The van der Waals surface area contributed by atoms with Crippen molar-refractivity contribution in [3.8, 4) is 0 Å². The zero-order valence-corrected chi connectivity index (χ0v) is 13.8. The Balaban J connectivity index is 1.71. The van der Waals surface area contributed by atoms with Gasteiger partial charge in [-0.1, -0.05) is 19.1 Å². The molecule has 5 nitrogen and oxygen atoms in total. The SMILES string of the molecule is CCc1cccc(NC(=O)NCCN2C[C@@H](C)O[C@@H](C)C2)c1. The van der Waals surface area contributed by atoms with Gasteiger partial charge in [-0.25, -0.2) is 4.79 Å². The summed E-state index contributed by atoms with van der Waals surface area (Å²) in [4.78, 5) is 14.2. The molecule has 2 amide bonds. The average Bonchev–Trinajstić information content (AvgIpc) is 2.46. The molecule has 0 aromatic heterocycles. The summed E-state index contributed by atoms with van der Waals surface area (Å²) in [6, 6.07) is 7.78. The van der Waals surface area contributed by atoms with Gasteiger partial charge >= 0.3 is 6.03 Å². The summed E-state index contributed by atoms with van der Waals surface area (Å²) in [7, 11) is 0. The molecule has 0 saturated carbocycles. The van der Waals surface area contributed by atoms with Crippen LogP contribution in [0.25, 0.3) is 0 Å². The fourth-order valence-electron chi connectivity index (χ4n) is 2.84. The smallest absolute Gasteiger partial charge is 0.319 e. The van der Waals surface area contributed by atoms with Crippen LogP contribution in [0.2, 0.25) is 0 Å². The molecule has 0 radical (unpaired) electrons. The number of nitrogens with zero attached hydrogens (tertiary/aromatic N) is 1. The van der Waals surface area contributed by atoms with Gasteiger partial charge in [0.25, 0.3) is 0 Å². The van der Waals surface area contributed by atoms with Gasteiger partial charge in [0.15, 0.2) is 0 Å². The molecule has 2 atom stereocenters. The molecule has 1 fully saturated rings. The fraction of sp³-hybridized carbons (Fsp3) is 0.588. The highest BCUT2D eigenvalue weighted by atomic mass is 16.5. The molecular weight excluding hydrogens is 278 g/mol. The van der Waals surface area contributed by atoms with E-state index in [1.807, 2.05) is 18.2 Å². The van der Waals surface area contributed by atoms with Crippen LogP contribution in [-0.2, 0) is 11.2 Å². The van der Waals surface area contributed by atoms with Gasteiger partial charge in [0, 0.05) is 31.9 Å². The van der Waals surface area contributed by atoms with Crippen molar-refractivity contribution in [2.75, 3.05) is 31.5 Å². The first kappa shape index (κ1) is 16.8. The summed E-state index contributed by atoms with van der Waals surface area (Å²) in [6.07, 6.45) is 1.48. The third-order valence-electron chi connectivity index (χ3n) is 3.80. The number of carbonyl (C=O) groups excluding carboxylic acids is 1. The number of urea groups is 1. The van der Waals surface area contributed by atoms with E-state index in [1.54, 1.807) is 0 Å². The van der Waals surface area contributed by atoms with Crippen molar-refractivity contribution in [1.29, 1.82) is 0 Å². The molecule has 5 heteroatoms. The Bertz CT molecular complexity index is 483. The molecular formula is C17H27N3O2. The molecule has 1 aliphatic rings. The van der Waals surface area contributed by atoms with Crippen molar-refractivity contribution in [2.24, 2.45) is 0 Å². The van der Waals surface area contributed by atoms with Gasteiger partial charge in [-0.2, -0.15) is 0 Å². The van der Waals surface area contributed by atoms with Crippen molar-refractivity contribution in [3.63, 3.8) is 0 Å². The topological polar surface area (TPSA) is 53.6 Å². The highest BCUT2D eigenvalue weighted by Crippen LogP contribution is 2.11. The Kier molecular flexibility index (Phi) is 6.21. The lowest BCUT2D eigenvalue weighted by Gasteiger charge is -2.35. The monoisotopic (exact) mass is 305 g/mol. The minimum atomic E-state index is -0.150. The van der Waals surface area contributed by atoms with Crippen molar-refractivity contribution in [1.82, 2.24) is 10.2 Å². The lowest BCUT2D eigenvalue weighted by molar-refractivity contribution is -0.0672. The molecule has 0 aliphatic carbocycles. The Hall–Kier alpha value is -1.59. The Morgan fingerprint density at radius 1 is 1.32 bits per heavy atom. The van der Waals surface area contributed by atoms with Crippen molar-refractivity contribution in [3.05, 3.63) is 29.8 Å². The van der Waals surface area contributed by atoms with Crippen molar-refractivity contribution >= 4 is 11.7 Å². The Labute approximate surface area is 133 Å². The number of rotatable bonds is 5. The van der Waals surface area contributed by atoms with Gasteiger partial charge in [0.2, 0.25) is 0 Å². The quantitative estimate of drug-likeness (QED) is 0.879. The molecule has 1 aromatic carbocycles. The maximum absolute atomic E-state index is 11.9. The predicted octanol–water partition coefficient (Wildman–Crippen LogP) is 2.48. The first-order chi connectivity index (χ1) is 10.6. The van der Waals surface area contributed by atoms with Crippen LogP contribution < -0.4 is 10.6 Å². The van der Waals surface area contributed by atoms with E-state index < -0.39 is 0 Å². The van der Waals surface area contributed by atoms with Crippen LogP contribution in [0.3, 0.4) is 0 Å². The van der Waals surface area contributed by atoms with Gasteiger partial charge in [-0.15, -0.1) is 0 Å². The first-order valence-corrected chi connectivity index (χ1v) is 8.08. The van der Waals surface area contributed by atoms with Crippen molar-refractivity contribution < 1.29 is 9.53 Å². The molecule has 1 saturated heterocycles. The number of hydrogen-bond acceptors (Lipinski definition) is 3. The summed E-state index contributed by atoms with van der Waals surface area (Å²) in [6.45, 7) is 9.61. The zero-order valence-electron chi connectivity index (χ0n) is 13.8. The molecule has 0 bridgehead atoms. The second-order valence-corrected chi connectivity index (χ2v) is 5.95. The van der Waals surface area contributed by atoms with Crippen LogP contribution in [0.5, 0.6) is 0 Å². The summed E-state index contributed by atoms with van der Waals surface area (Å²) in [5.41, 5.74) is 2.06. The molecule has 1 heterocycles. The molecule has 122 valence electrons. The van der Waals surface area contributed by atoms with E-state index in [4.69, 9.17) is 4.74 Å². The van der Waals surface area contributed by atoms with Gasteiger partial charge in [-0.05, 0) is 38.0 Å². The highest BCUT2D eigenvalue weighted by Gasteiger charge is 2.21. The molecule has 2 rings (SSSR count). The van der Waals surface area contributed by atoms with Gasteiger partial charge in [-0.3, -0.25) is 4.90 Å².